The lowest BCUT2D eigenvalue weighted by Crippen LogP contribution is -2.12. The molecule has 1 aliphatic rings. The summed E-state index contributed by atoms with van der Waals surface area (Å²) in [6.07, 6.45) is 9.44. The minimum absolute atomic E-state index is 0.0293. The van der Waals surface area contributed by atoms with Crippen LogP contribution in [0.4, 0.5) is 0 Å². The van der Waals surface area contributed by atoms with Gasteiger partial charge in [-0.15, -0.1) is 0 Å². The summed E-state index contributed by atoms with van der Waals surface area (Å²) in [5.74, 6) is 1.95. The summed E-state index contributed by atoms with van der Waals surface area (Å²) in [6, 6.07) is 4.03. The first-order chi connectivity index (χ1) is 7.81. The van der Waals surface area contributed by atoms with E-state index in [4.69, 9.17) is 10.2 Å². The lowest BCUT2D eigenvalue weighted by atomic mass is 10.0. The molecule has 2 heteroatoms. The van der Waals surface area contributed by atoms with Gasteiger partial charge in [0, 0.05) is 6.42 Å². The van der Waals surface area contributed by atoms with Crippen molar-refractivity contribution in [2.45, 2.75) is 51.5 Å². The number of rotatable bonds is 3. The van der Waals surface area contributed by atoms with Gasteiger partial charge >= 0.3 is 0 Å². The van der Waals surface area contributed by atoms with Gasteiger partial charge in [0.05, 0.1) is 6.04 Å². The maximum atomic E-state index is 6.25. The maximum absolute atomic E-state index is 6.25. The maximum Gasteiger partial charge on any atom is 0.125 e. The molecule has 0 aliphatic heterocycles. The van der Waals surface area contributed by atoms with E-state index >= 15 is 0 Å². The summed E-state index contributed by atoms with van der Waals surface area (Å²) >= 11 is 0. The van der Waals surface area contributed by atoms with Gasteiger partial charge in [-0.25, -0.2) is 0 Å². The van der Waals surface area contributed by atoms with Gasteiger partial charge in [0.1, 0.15) is 11.5 Å². The molecule has 0 saturated carbocycles. The van der Waals surface area contributed by atoms with Gasteiger partial charge in [-0.1, -0.05) is 19.4 Å². The summed E-state index contributed by atoms with van der Waals surface area (Å²) in [4.78, 5) is 0. The second-order valence-corrected chi connectivity index (χ2v) is 4.51. The monoisotopic (exact) mass is 219 g/mol. The van der Waals surface area contributed by atoms with E-state index < -0.39 is 0 Å². The van der Waals surface area contributed by atoms with Gasteiger partial charge in [-0.05, 0) is 43.4 Å². The lowest BCUT2D eigenvalue weighted by Gasteiger charge is -2.12. The van der Waals surface area contributed by atoms with Crippen molar-refractivity contribution in [3.63, 3.8) is 0 Å². The summed E-state index contributed by atoms with van der Waals surface area (Å²) in [6.45, 7) is 2.10. The number of hydrogen-bond acceptors (Lipinski definition) is 2. The second-order valence-electron chi connectivity index (χ2n) is 4.51. The molecular weight excluding hydrogens is 198 g/mol. The van der Waals surface area contributed by atoms with Crippen LogP contribution in [0.1, 0.15) is 56.6 Å². The van der Waals surface area contributed by atoms with Crippen LogP contribution < -0.4 is 5.73 Å². The lowest BCUT2D eigenvalue weighted by molar-refractivity contribution is 0.448. The molecule has 1 aliphatic carbocycles. The SMILES string of the molecule is CCc1ccc(C(N)C2=CCCCCC2)o1. The van der Waals surface area contributed by atoms with Crippen molar-refractivity contribution in [3.05, 3.63) is 35.3 Å². The molecular formula is C14H21NO. The van der Waals surface area contributed by atoms with Crippen LogP contribution in [0.15, 0.2) is 28.2 Å². The van der Waals surface area contributed by atoms with E-state index in [1.54, 1.807) is 0 Å². The Kier molecular flexibility index (Phi) is 3.83. The smallest absolute Gasteiger partial charge is 0.125 e. The molecule has 0 saturated heterocycles. The van der Waals surface area contributed by atoms with Crippen LogP contribution in [0, 0.1) is 0 Å². The van der Waals surface area contributed by atoms with Crippen molar-refractivity contribution in [1.82, 2.24) is 0 Å². The molecule has 0 aromatic carbocycles. The molecule has 16 heavy (non-hydrogen) atoms. The average molecular weight is 219 g/mol. The highest BCUT2D eigenvalue weighted by Crippen LogP contribution is 2.28. The van der Waals surface area contributed by atoms with Crippen molar-refractivity contribution >= 4 is 0 Å². The normalized spacial score (nSPS) is 19.0. The van der Waals surface area contributed by atoms with Crippen molar-refractivity contribution < 1.29 is 4.42 Å². The fourth-order valence-electron chi connectivity index (χ4n) is 2.26. The third-order valence-electron chi connectivity index (χ3n) is 3.31. The highest BCUT2D eigenvalue weighted by molar-refractivity contribution is 5.22. The topological polar surface area (TPSA) is 39.2 Å². The zero-order valence-electron chi connectivity index (χ0n) is 10.0. The van der Waals surface area contributed by atoms with E-state index in [0.29, 0.717) is 0 Å². The van der Waals surface area contributed by atoms with Crippen molar-refractivity contribution in [1.29, 1.82) is 0 Å². The predicted octanol–water partition coefficient (Wildman–Crippen LogP) is 3.73. The quantitative estimate of drug-likeness (QED) is 0.787. The van der Waals surface area contributed by atoms with Crippen molar-refractivity contribution in [3.8, 4) is 0 Å². The van der Waals surface area contributed by atoms with Crippen LogP contribution in [0.3, 0.4) is 0 Å². The molecule has 2 nitrogen and oxygen atoms in total. The molecule has 0 amide bonds. The molecule has 1 heterocycles. The van der Waals surface area contributed by atoms with Crippen LogP contribution in [0.2, 0.25) is 0 Å². The van der Waals surface area contributed by atoms with E-state index in [2.05, 4.69) is 13.0 Å². The Labute approximate surface area is 97.5 Å². The van der Waals surface area contributed by atoms with Crippen LogP contribution in [0.5, 0.6) is 0 Å². The van der Waals surface area contributed by atoms with Crippen molar-refractivity contribution in [2.24, 2.45) is 5.73 Å². The summed E-state index contributed by atoms with van der Waals surface area (Å²) in [7, 11) is 0. The number of furan rings is 1. The third-order valence-corrected chi connectivity index (χ3v) is 3.31. The van der Waals surface area contributed by atoms with Gasteiger partial charge in [-0.2, -0.15) is 0 Å². The number of allylic oxidation sites excluding steroid dienone is 1. The first-order valence-electron chi connectivity index (χ1n) is 6.34. The third kappa shape index (κ3) is 2.56. The van der Waals surface area contributed by atoms with Crippen LogP contribution >= 0.6 is 0 Å². The van der Waals surface area contributed by atoms with E-state index in [1.165, 1.54) is 31.3 Å². The molecule has 1 aromatic rings. The van der Waals surface area contributed by atoms with Gasteiger partial charge < -0.3 is 10.2 Å². The molecule has 1 aromatic heterocycles. The molecule has 1 unspecified atom stereocenters. The van der Waals surface area contributed by atoms with Gasteiger partial charge in [0.25, 0.3) is 0 Å². The minimum atomic E-state index is -0.0293. The fraction of sp³-hybridized carbons (Fsp3) is 0.571. The molecule has 1 atom stereocenters. The molecule has 0 bridgehead atoms. The molecule has 2 rings (SSSR count). The Hall–Kier alpha value is -1.02. The Bertz CT molecular complexity index is 365. The van der Waals surface area contributed by atoms with Gasteiger partial charge in [0.15, 0.2) is 0 Å². The minimum Gasteiger partial charge on any atom is -0.464 e. The zero-order valence-corrected chi connectivity index (χ0v) is 10.0. The summed E-state index contributed by atoms with van der Waals surface area (Å²) < 4.78 is 5.72. The van der Waals surface area contributed by atoms with E-state index in [1.807, 2.05) is 12.1 Å². The molecule has 0 radical (unpaired) electrons. The van der Waals surface area contributed by atoms with Crippen LogP contribution in [-0.2, 0) is 6.42 Å². The van der Waals surface area contributed by atoms with Gasteiger partial charge in [0.2, 0.25) is 0 Å². The van der Waals surface area contributed by atoms with Gasteiger partial charge in [-0.3, -0.25) is 0 Å². The molecule has 2 N–H and O–H groups in total. The van der Waals surface area contributed by atoms with E-state index in [9.17, 15) is 0 Å². The first-order valence-corrected chi connectivity index (χ1v) is 6.34. The van der Waals surface area contributed by atoms with Crippen LogP contribution in [-0.4, -0.2) is 0 Å². The standard InChI is InChI=1S/C14H21NO/c1-2-12-9-10-13(16-12)14(15)11-7-5-3-4-6-8-11/h7,9-10,14H,2-6,8,15H2,1H3. The Morgan fingerprint density at radius 2 is 2.19 bits per heavy atom. The fourth-order valence-corrected chi connectivity index (χ4v) is 2.26. The highest BCUT2D eigenvalue weighted by atomic mass is 16.3. The Balaban J connectivity index is 2.10. The summed E-state index contributed by atoms with van der Waals surface area (Å²) in [5.41, 5.74) is 7.60. The molecule has 0 spiro atoms. The zero-order chi connectivity index (χ0) is 11.4. The number of aryl methyl sites for hydroxylation is 1. The Morgan fingerprint density at radius 1 is 1.31 bits per heavy atom. The van der Waals surface area contributed by atoms with Crippen molar-refractivity contribution in [2.75, 3.05) is 0 Å². The molecule has 88 valence electrons. The Morgan fingerprint density at radius 3 is 2.94 bits per heavy atom. The largest absolute Gasteiger partial charge is 0.464 e. The highest BCUT2D eigenvalue weighted by Gasteiger charge is 2.16. The predicted molar refractivity (Wildman–Crippen MR) is 66.2 cm³/mol. The molecule has 0 fully saturated rings. The summed E-state index contributed by atoms with van der Waals surface area (Å²) in [5, 5.41) is 0. The van der Waals surface area contributed by atoms with E-state index in [0.717, 1.165) is 24.4 Å². The average Bonchev–Trinajstić information content (AvgIpc) is 2.62. The van der Waals surface area contributed by atoms with Crippen LogP contribution in [0.25, 0.3) is 0 Å². The van der Waals surface area contributed by atoms with E-state index in [-0.39, 0.29) is 6.04 Å². The number of hydrogen-bond donors (Lipinski definition) is 1. The second kappa shape index (κ2) is 5.35. The first kappa shape index (κ1) is 11.5. The number of nitrogens with two attached hydrogens (primary N) is 1.